The van der Waals surface area contributed by atoms with Crippen LogP contribution in [-0.4, -0.2) is 15.9 Å². The van der Waals surface area contributed by atoms with E-state index >= 15 is 0 Å². The summed E-state index contributed by atoms with van der Waals surface area (Å²) in [5.41, 5.74) is 0. The molecule has 1 aromatic rings. The van der Waals surface area contributed by atoms with Gasteiger partial charge in [0.1, 0.15) is 0 Å². The van der Waals surface area contributed by atoms with Crippen LogP contribution in [0.5, 0.6) is 0 Å². The quantitative estimate of drug-likeness (QED) is 0.453. The van der Waals surface area contributed by atoms with Crippen molar-refractivity contribution in [1.29, 1.82) is 0 Å². The van der Waals surface area contributed by atoms with E-state index in [0.717, 1.165) is 0 Å². The highest BCUT2D eigenvalue weighted by atomic mass is 16.0. The lowest BCUT2D eigenvalue weighted by Gasteiger charge is -1.49. The monoisotopic (exact) mass is 103 g/mol. The first-order valence-corrected chi connectivity index (χ1v) is 1.58. The topological polar surface area (TPSA) is 78.8 Å². The number of hydrogen-bond acceptors (Lipinski definition) is 0. The fourth-order valence-electron chi connectivity index (χ4n) is 0.278. The molecule has 0 spiro atoms. The Morgan fingerprint density at radius 3 is 1.43 bits per heavy atom. The number of aromatic nitrogens is 1. The standard InChI is InChI=1S/C4H5N.2H2O/c1-2-4-5-3-1;;/h1-5H;2*1H2. The molecule has 1 rings (SSSR count). The minimum atomic E-state index is 0. The smallest absolute Gasteiger partial charge is 0.000496 e. The average Bonchev–Trinajstić information content (AvgIpc) is 1.76. The Morgan fingerprint density at radius 1 is 0.857 bits per heavy atom. The van der Waals surface area contributed by atoms with E-state index in [-0.39, 0.29) is 11.0 Å². The lowest BCUT2D eigenvalue weighted by molar-refractivity contribution is 0.823. The van der Waals surface area contributed by atoms with E-state index in [2.05, 4.69) is 4.98 Å². The van der Waals surface area contributed by atoms with Crippen LogP contribution in [-0.2, 0) is 0 Å². The van der Waals surface area contributed by atoms with Crippen molar-refractivity contribution in [1.82, 2.24) is 4.98 Å². The van der Waals surface area contributed by atoms with Gasteiger partial charge in [-0.3, -0.25) is 0 Å². The highest BCUT2D eigenvalue weighted by Gasteiger charge is 1.55. The summed E-state index contributed by atoms with van der Waals surface area (Å²) < 4.78 is 0. The van der Waals surface area contributed by atoms with Gasteiger partial charge in [-0.2, -0.15) is 0 Å². The van der Waals surface area contributed by atoms with Crippen LogP contribution in [0.4, 0.5) is 0 Å². The number of nitrogens with one attached hydrogen (secondary N) is 1. The van der Waals surface area contributed by atoms with Gasteiger partial charge in [0, 0.05) is 12.4 Å². The van der Waals surface area contributed by atoms with E-state index in [1.54, 1.807) is 0 Å². The van der Waals surface area contributed by atoms with Crippen molar-refractivity contribution in [3.63, 3.8) is 0 Å². The first kappa shape index (κ1) is 9.50. The molecule has 1 heterocycles. The molecule has 1 aromatic heterocycles. The summed E-state index contributed by atoms with van der Waals surface area (Å²) in [7, 11) is 0. The molecule has 0 amide bonds. The molecule has 3 nitrogen and oxygen atoms in total. The molecule has 0 fully saturated rings. The van der Waals surface area contributed by atoms with E-state index in [4.69, 9.17) is 0 Å². The molecule has 0 radical (unpaired) electrons. The van der Waals surface area contributed by atoms with Gasteiger partial charge in [0.2, 0.25) is 0 Å². The molecule has 42 valence electrons. The third-order valence-corrected chi connectivity index (χ3v) is 0.496. The number of rotatable bonds is 0. The minimum absolute atomic E-state index is 0. The molecule has 3 heteroatoms. The van der Waals surface area contributed by atoms with E-state index in [1.807, 2.05) is 24.5 Å². The van der Waals surface area contributed by atoms with E-state index in [1.165, 1.54) is 0 Å². The van der Waals surface area contributed by atoms with Gasteiger partial charge >= 0.3 is 0 Å². The zero-order valence-electron chi connectivity index (χ0n) is 3.81. The van der Waals surface area contributed by atoms with Gasteiger partial charge in [-0.05, 0) is 12.1 Å². The lowest BCUT2D eigenvalue weighted by Crippen LogP contribution is -1.38. The summed E-state index contributed by atoms with van der Waals surface area (Å²) in [5.74, 6) is 0. The summed E-state index contributed by atoms with van der Waals surface area (Å²) >= 11 is 0. The van der Waals surface area contributed by atoms with E-state index in [9.17, 15) is 0 Å². The zero-order chi connectivity index (χ0) is 3.54. The van der Waals surface area contributed by atoms with Crippen LogP contribution in [0.15, 0.2) is 24.5 Å². The van der Waals surface area contributed by atoms with Gasteiger partial charge in [-0.25, -0.2) is 0 Å². The lowest BCUT2D eigenvalue weighted by atomic mass is 10.7. The summed E-state index contributed by atoms with van der Waals surface area (Å²) in [6, 6.07) is 3.89. The van der Waals surface area contributed by atoms with Crippen molar-refractivity contribution in [2.75, 3.05) is 0 Å². The van der Waals surface area contributed by atoms with Crippen LogP contribution in [0.25, 0.3) is 0 Å². The molecule has 0 saturated heterocycles. The molecule has 0 aliphatic heterocycles. The van der Waals surface area contributed by atoms with Crippen molar-refractivity contribution in [2.45, 2.75) is 0 Å². The van der Waals surface area contributed by atoms with E-state index < -0.39 is 0 Å². The van der Waals surface area contributed by atoms with E-state index in [0.29, 0.717) is 0 Å². The first-order chi connectivity index (χ1) is 2.50. The third kappa shape index (κ3) is 3.02. The second-order valence-electron chi connectivity index (χ2n) is 0.885. The van der Waals surface area contributed by atoms with Gasteiger partial charge in [0.05, 0.1) is 0 Å². The van der Waals surface area contributed by atoms with Crippen LogP contribution in [0.3, 0.4) is 0 Å². The summed E-state index contributed by atoms with van der Waals surface area (Å²) in [6.45, 7) is 0. The largest absolute Gasteiger partial charge is 0.412 e. The van der Waals surface area contributed by atoms with Crippen LogP contribution in [0, 0.1) is 0 Å². The van der Waals surface area contributed by atoms with Crippen molar-refractivity contribution in [3.05, 3.63) is 24.5 Å². The molecule has 7 heavy (non-hydrogen) atoms. The molecular formula is C4H9NO2. The minimum Gasteiger partial charge on any atom is -0.412 e. The van der Waals surface area contributed by atoms with Gasteiger partial charge in [-0.1, -0.05) is 0 Å². The fourth-order valence-corrected chi connectivity index (χ4v) is 0.278. The fraction of sp³-hybridized carbons (Fsp3) is 0. The Kier molecular flexibility index (Phi) is 7.06. The highest BCUT2D eigenvalue weighted by Crippen LogP contribution is 1.72. The Bertz CT molecular complexity index is 66.2. The van der Waals surface area contributed by atoms with Gasteiger partial charge < -0.3 is 15.9 Å². The van der Waals surface area contributed by atoms with Gasteiger partial charge in [0.25, 0.3) is 0 Å². The maximum atomic E-state index is 2.86. The SMILES string of the molecule is O.O.c1cc[nH]c1. The molecule has 0 aromatic carbocycles. The van der Waals surface area contributed by atoms with Crippen molar-refractivity contribution in [2.24, 2.45) is 0 Å². The molecule has 0 saturated carbocycles. The molecular weight excluding hydrogens is 94.0 g/mol. The Hall–Kier alpha value is -0.800. The second kappa shape index (κ2) is 5.20. The maximum absolute atomic E-state index is 2.86. The summed E-state index contributed by atoms with van der Waals surface area (Å²) in [4.78, 5) is 2.86. The van der Waals surface area contributed by atoms with Crippen LogP contribution >= 0.6 is 0 Å². The zero-order valence-corrected chi connectivity index (χ0v) is 3.81. The molecule has 0 atom stereocenters. The number of hydrogen-bond donors (Lipinski definition) is 1. The Labute approximate surface area is 41.6 Å². The van der Waals surface area contributed by atoms with Crippen molar-refractivity contribution in [3.8, 4) is 0 Å². The van der Waals surface area contributed by atoms with Crippen LogP contribution in [0.1, 0.15) is 0 Å². The summed E-state index contributed by atoms with van der Waals surface area (Å²) in [5, 5.41) is 0. The number of H-pyrrole nitrogens is 1. The first-order valence-electron chi connectivity index (χ1n) is 1.58. The van der Waals surface area contributed by atoms with Gasteiger partial charge in [0.15, 0.2) is 0 Å². The molecule has 5 N–H and O–H groups in total. The third-order valence-electron chi connectivity index (χ3n) is 0.496. The van der Waals surface area contributed by atoms with Crippen LogP contribution in [0.2, 0.25) is 0 Å². The predicted octanol–water partition coefficient (Wildman–Crippen LogP) is -0.635. The normalized spacial score (nSPS) is 5.71. The highest BCUT2D eigenvalue weighted by molar-refractivity contribution is 4.84. The second-order valence-corrected chi connectivity index (χ2v) is 0.885. The molecule has 0 bridgehead atoms. The van der Waals surface area contributed by atoms with Gasteiger partial charge in [-0.15, -0.1) is 0 Å². The summed E-state index contributed by atoms with van der Waals surface area (Å²) in [6.07, 6.45) is 3.75. The Balaban J connectivity index is 0. The van der Waals surface area contributed by atoms with Crippen LogP contribution < -0.4 is 0 Å². The average molecular weight is 103 g/mol. The predicted molar refractivity (Wildman–Crippen MR) is 28.0 cm³/mol. The molecule has 0 aliphatic rings. The molecule has 0 aliphatic carbocycles. The maximum Gasteiger partial charge on any atom is 0.000496 e. The molecule has 0 unspecified atom stereocenters. The Morgan fingerprint density at radius 2 is 1.29 bits per heavy atom. The van der Waals surface area contributed by atoms with Crippen molar-refractivity contribution >= 4 is 0 Å². The van der Waals surface area contributed by atoms with Crippen molar-refractivity contribution < 1.29 is 11.0 Å². The number of aromatic amines is 1.